The van der Waals surface area contributed by atoms with E-state index in [9.17, 15) is 14.4 Å². The SMILES string of the molecule is CC(O)CCOC(=O)CCCN1C(=O)C=CC1=O. The van der Waals surface area contributed by atoms with Gasteiger partial charge in [0.25, 0.3) is 11.8 Å². The van der Waals surface area contributed by atoms with Gasteiger partial charge in [-0.15, -0.1) is 0 Å². The summed E-state index contributed by atoms with van der Waals surface area (Å²) in [5.41, 5.74) is 0. The molecule has 1 atom stereocenters. The lowest BCUT2D eigenvalue weighted by Crippen LogP contribution is -2.31. The third-order valence-electron chi connectivity index (χ3n) is 2.46. The molecule has 0 aromatic carbocycles. The van der Waals surface area contributed by atoms with Crippen molar-refractivity contribution in [3.05, 3.63) is 12.2 Å². The largest absolute Gasteiger partial charge is 0.466 e. The Morgan fingerprint density at radius 3 is 2.56 bits per heavy atom. The van der Waals surface area contributed by atoms with Crippen LogP contribution >= 0.6 is 0 Å². The third kappa shape index (κ3) is 4.67. The fourth-order valence-electron chi connectivity index (χ4n) is 1.45. The molecule has 0 aromatic rings. The Balaban J connectivity index is 2.12. The number of aliphatic hydroxyl groups excluding tert-OH is 1. The van der Waals surface area contributed by atoms with Crippen molar-refractivity contribution in [1.82, 2.24) is 4.90 Å². The predicted molar refractivity (Wildman–Crippen MR) is 62.4 cm³/mol. The summed E-state index contributed by atoms with van der Waals surface area (Å²) >= 11 is 0. The molecule has 1 unspecified atom stereocenters. The molecule has 18 heavy (non-hydrogen) atoms. The molecule has 0 radical (unpaired) electrons. The molecule has 0 bridgehead atoms. The lowest BCUT2D eigenvalue weighted by molar-refractivity contribution is -0.145. The highest BCUT2D eigenvalue weighted by Gasteiger charge is 2.22. The van der Waals surface area contributed by atoms with E-state index in [1.807, 2.05) is 0 Å². The molecular formula is C12H17NO5. The average molecular weight is 255 g/mol. The molecule has 0 saturated carbocycles. The van der Waals surface area contributed by atoms with Crippen molar-refractivity contribution >= 4 is 17.8 Å². The van der Waals surface area contributed by atoms with Crippen molar-refractivity contribution in [3.63, 3.8) is 0 Å². The van der Waals surface area contributed by atoms with Crippen LogP contribution < -0.4 is 0 Å². The first kappa shape index (κ1) is 14.4. The van der Waals surface area contributed by atoms with Gasteiger partial charge >= 0.3 is 5.97 Å². The Morgan fingerprint density at radius 1 is 1.39 bits per heavy atom. The van der Waals surface area contributed by atoms with Gasteiger partial charge in [0.2, 0.25) is 0 Å². The lowest BCUT2D eigenvalue weighted by Gasteiger charge is -2.13. The summed E-state index contributed by atoms with van der Waals surface area (Å²) in [4.78, 5) is 34.7. The number of nitrogens with zero attached hydrogens (tertiary/aromatic N) is 1. The molecule has 0 spiro atoms. The van der Waals surface area contributed by atoms with Crippen molar-refractivity contribution < 1.29 is 24.2 Å². The molecule has 100 valence electrons. The number of aliphatic hydroxyl groups is 1. The van der Waals surface area contributed by atoms with E-state index in [1.165, 1.54) is 12.2 Å². The number of esters is 1. The van der Waals surface area contributed by atoms with Crippen LogP contribution in [-0.4, -0.2) is 47.0 Å². The average Bonchev–Trinajstić information content (AvgIpc) is 2.60. The molecule has 0 aromatic heterocycles. The van der Waals surface area contributed by atoms with Crippen LogP contribution in [0.15, 0.2) is 12.2 Å². The van der Waals surface area contributed by atoms with Gasteiger partial charge < -0.3 is 9.84 Å². The van der Waals surface area contributed by atoms with Gasteiger partial charge in [0.15, 0.2) is 0 Å². The Morgan fingerprint density at radius 2 is 2.00 bits per heavy atom. The van der Waals surface area contributed by atoms with Gasteiger partial charge in [0.05, 0.1) is 12.7 Å². The highest BCUT2D eigenvalue weighted by Crippen LogP contribution is 2.06. The van der Waals surface area contributed by atoms with Crippen LogP contribution in [0.1, 0.15) is 26.2 Å². The lowest BCUT2D eigenvalue weighted by atomic mass is 10.3. The standard InChI is InChI=1S/C12H17NO5/c1-9(14)6-8-18-12(17)3-2-7-13-10(15)4-5-11(13)16/h4-5,9,14H,2-3,6-8H2,1H3. The van der Waals surface area contributed by atoms with Crippen molar-refractivity contribution in [2.45, 2.75) is 32.3 Å². The van der Waals surface area contributed by atoms with Crippen LogP contribution in [0, 0.1) is 0 Å². The number of rotatable bonds is 7. The van der Waals surface area contributed by atoms with E-state index in [0.717, 1.165) is 4.90 Å². The fraction of sp³-hybridized carbons (Fsp3) is 0.583. The third-order valence-corrected chi connectivity index (χ3v) is 2.46. The first-order valence-electron chi connectivity index (χ1n) is 5.88. The zero-order chi connectivity index (χ0) is 13.5. The summed E-state index contributed by atoms with van der Waals surface area (Å²) in [6.07, 6.45) is 2.86. The van der Waals surface area contributed by atoms with E-state index in [1.54, 1.807) is 6.92 Å². The van der Waals surface area contributed by atoms with Crippen molar-refractivity contribution in [1.29, 1.82) is 0 Å². The molecule has 1 rings (SSSR count). The second-order valence-corrected chi connectivity index (χ2v) is 4.12. The molecule has 1 aliphatic heterocycles. The maximum Gasteiger partial charge on any atom is 0.305 e. The maximum atomic E-state index is 11.3. The fourth-order valence-corrected chi connectivity index (χ4v) is 1.45. The molecule has 2 amide bonds. The Hall–Kier alpha value is -1.69. The van der Waals surface area contributed by atoms with Gasteiger partial charge in [0.1, 0.15) is 0 Å². The van der Waals surface area contributed by atoms with Crippen molar-refractivity contribution in [2.24, 2.45) is 0 Å². The van der Waals surface area contributed by atoms with Crippen molar-refractivity contribution in [3.8, 4) is 0 Å². The van der Waals surface area contributed by atoms with E-state index in [-0.39, 0.29) is 37.4 Å². The first-order chi connectivity index (χ1) is 8.50. The number of amides is 2. The highest BCUT2D eigenvalue weighted by atomic mass is 16.5. The quantitative estimate of drug-likeness (QED) is 0.511. The van der Waals surface area contributed by atoms with Crippen LogP contribution in [0.3, 0.4) is 0 Å². The number of ether oxygens (including phenoxy) is 1. The normalized spacial score (nSPS) is 16.2. The second kappa shape index (κ2) is 6.90. The number of hydrogen-bond acceptors (Lipinski definition) is 5. The zero-order valence-corrected chi connectivity index (χ0v) is 10.3. The summed E-state index contributed by atoms with van der Waals surface area (Å²) in [7, 11) is 0. The van der Waals surface area contributed by atoms with E-state index in [4.69, 9.17) is 9.84 Å². The van der Waals surface area contributed by atoms with E-state index >= 15 is 0 Å². The van der Waals surface area contributed by atoms with Crippen LogP contribution in [0.4, 0.5) is 0 Å². The van der Waals surface area contributed by atoms with Crippen LogP contribution in [0.2, 0.25) is 0 Å². The molecule has 6 heteroatoms. The Kier molecular flexibility index (Phi) is 5.51. The number of carbonyl (C=O) groups excluding carboxylic acids is 3. The van der Waals surface area contributed by atoms with E-state index < -0.39 is 6.10 Å². The Bertz CT molecular complexity index is 343. The summed E-state index contributed by atoms with van der Waals surface area (Å²) in [6.45, 7) is 2.02. The van der Waals surface area contributed by atoms with E-state index in [0.29, 0.717) is 12.8 Å². The smallest absolute Gasteiger partial charge is 0.305 e. The minimum atomic E-state index is -0.497. The maximum absolute atomic E-state index is 11.3. The van der Waals surface area contributed by atoms with Gasteiger partial charge in [-0.2, -0.15) is 0 Å². The zero-order valence-electron chi connectivity index (χ0n) is 10.3. The molecule has 1 aliphatic rings. The monoisotopic (exact) mass is 255 g/mol. The van der Waals surface area contributed by atoms with Gasteiger partial charge in [-0.1, -0.05) is 0 Å². The Labute approximate surface area is 105 Å². The highest BCUT2D eigenvalue weighted by molar-refractivity contribution is 6.12. The number of hydrogen-bond donors (Lipinski definition) is 1. The topological polar surface area (TPSA) is 83.9 Å². The summed E-state index contributed by atoms with van der Waals surface area (Å²) in [5, 5.41) is 8.96. The van der Waals surface area contributed by atoms with Gasteiger partial charge in [-0.25, -0.2) is 0 Å². The molecule has 0 aliphatic carbocycles. The summed E-state index contributed by atoms with van der Waals surface area (Å²) in [6, 6.07) is 0. The molecular weight excluding hydrogens is 238 g/mol. The molecule has 0 fully saturated rings. The van der Waals surface area contributed by atoms with Crippen LogP contribution in [0.5, 0.6) is 0 Å². The van der Waals surface area contributed by atoms with E-state index in [2.05, 4.69) is 0 Å². The number of carbonyl (C=O) groups is 3. The summed E-state index contributed by atoms with van der Waals surface area (Å²) < 4.78 is 4.87. The summed E-state index contributed by atoms with van der Waals surface area (Å²) in [5.74, 6) is -1.08. The van der Waals surface area contributed by atoms with Crippen LogP contribution in [0.25, 0.3) is 0 Å². The minimum absolute atomic E-state index is 0.150. The predicted octanol–water partition coefficient (Wildman–Crippen LogP) is 0.00570. The van der Waals surface area contributed by atoms with Gasteiger partial charge in [-0.05, 0) is 13.3 Å². The molecule has 1 heterocycles. The number of imide groups is 1. The van der Waals surface area contributed by atoms with Crippen molar-refractivity contribution in [2.75, 3.05) is 13.2 Å². The first-order valence-corrected chi connectivity index (χ1v) is 5.88. The van der Waals surface area contributed by atoms with Gasteiger partial charge in [-0.3, -0.25) is 19.3 Å². The minimum Gasteiger partial charge on any atom is -0.466 e. The molecule has 0 saturated heterocycles. The molecule has 1 N–H and O–H groups in total. The molecule has 6 nitrogen and oxygen atoms in total. The second-order valence-electron chi connectivity index (χ2n) is 4.12. The van der Waals surface area contributed by atoms with Crippen LogP contribution in [-0.2, 0) is 19.1 Å². The van der Waals surface area contributed by atoms with Gasteiger partial charge in [0, 0.05) is 31.5 Å².